The average molecular weight is 303 g/mol. The highest BCUT2D eigenvalue weighted by Gasteiger charge is 2.13. The van der Waals surface area contributed by atoms with E-state index in [1.807, 2.05) is 0 Å². The van der Waals surface area contributed by atoms with Crippen LogP contribution in [-0.4, -0.2) is 28.3 Å². The lowest BCUT2D eigenvalue weighted by Gasteiger charge is -2.06. The summed E-state index contributed by atoms with van der Waals surface area (Å²) in [5, 5.41) is 6.42. The zero-order valence-corrected chi connectivity index (χ0v) is 11.9. The van der Waals surface area contributed by atoms with Gasteiger partial charge in [-0.25, -0.2) is 13.9 Å². The lowest BCUT2D eigenvalue weighted by Crippen LogP contribution is -2.09. The van der Waals surface area contributed by atoms with Crippen LogP contribution < -0.4 is 5.32 Å². The zero-order chi connectivity index (χ0) is 16.1. The molecule has 7 heteroatoms. The Labute approximate surface area is 126 Å². The van der Waals surface area contributed by atoms with Crippen LogP contribution in [0.15, 0.2) is 43.1 Å². The van der Waals surface area contributed by atoms with Crippen molar-refractivity contribution in [3.05, 3.63) is 54.6 Å². The van der Waals surface area contributed by atoms with Gasteiger partial charge in [-0.3, -0.25) is 4.79 Å². The molecule has 0 saturated heterocycles. The Morgan fingerprint density at radius 2 is 2.23 bits per heavy atom. The number of carbonyl (C=O) groups is 2. The van der Waals surface area contributed by atoms with Crippen LogP contribution in [0.1, 0.15) is 17.4 Å². The Hall–Kier alpha value is -2.96. The van der Waals surface area contributed by atoms with E-state index in [2.05, 4.69) is 17.0 Å². The van der Waals surface area contributed by atoms with Crippen molar-refractivity contribution in [3.8, 4) is 5.69 Å². The van der Waals surface area contributed by atoms with Crippen LogP contribution in [-0.2, 0) is 9.53 Å². The number of anilines is 1. The lowest BCUT2D eigenvalue weighted by molar-refractivity contribution is -0.111. The molecule has 1 aromatic heterocycles. The molecule has 22 heavy (non-hydrogen) atoms. The van der Waals surface area contributed by atoms with Gasteiger partial charge in [0.05, 0.1) is 6.61 Å². The monoisotopic (exact) mass is 303 g/mol. The van der Waals surface area contributed by atoms with Crippen LogP contribution in [0.25, 0.3) is 5.69 Å². The number of nitrogens with zero attached hydrogens (tertiary/aromatic N) is 2. The zero-order valence-electron chi connectivity index (χ0n) is 11.9. The maximum absolute atomic E-state index is 14.1. The van der Waals surface area contributed by atoms with E-state index < -0.39 is 17.7 Å². The second-order valence-electron chi connectivity index (χ2n) is 4.23. The number of hydrogen-bond donors (Lipinski definition) is 1. The van der Waals surface area contributed by atoms with E-state index in [1.54, 1.807) is 6.92 Å². The van der Waals surface area contributed by atoms with Crippen molar-refractivity contribution in [3.63, 3.8) is 0 Å². The standard InChI is InChI=1S/C15H14FN3O3/c1-3-14(20)17-10-5-6-13(11(16)9-10)19-8-7-12(18-19)15(21)22-4-2/h3,5-9H,1,4H2,2H3,(H,17,20). The van der Waals surface area contributed by atoms with E-state index in [0.29, 0.717) is 5.69 Å². The van der Waals surface area contributed by atoms with Crippen LogP contribution >= 0.6 is 0 Å². The molecule has 1 heterocycles. The number of ether oxygens (including phenoxy) is 1. The molecule has 2 rings (SSSR count). The van der Waals surface area contributed by atoms with E-state index in [0.717, 1.165) is 12.1 Å². The normalized spacial score (nSPS) is 10.1. The summed E-state index contributed by atoms with van der Waals surface area (Å²) in [6, 6.07) is 5.55. The molecule has 2 aromatic rings. The second kappa shape index (κ2) is 6.66. The quantitative estimate of drug-likeness (QED) is 0.679. The van der Waals surface area contributed by atoms with Crippen molar-refractivity contribution >= 4 is 17.6 Å². The van der Waals surface area contributed by atoms with Gasteiger partial charge in [0.25, 0.3) is 0 Å². The minimum Gasteiger partial charge on any atom is -0.461 e. The molecule has 0 radical (unpaired) electrons. The van der Waals surface area contributed by atoms with E-state index in [1.165, 1.54) is 29.1 Å². The summed E-state index contributed by atoms with van der Waals surface area (Å²) in [6.45, 7) is 5.23. The number of halogens is 1. The van der Waals surface area contributed by atoms with E-state index in [4.69, 9.17) is 4.74 Å². The van der Waals surface area contributed by atoms with Crippen LogP contribution in [0, 0.1) is 5.82 Å². The third-order valence-corrected chi connectivity index (χ3v) is 2.72. The number of nitrogens with one attached hydrogen (secondary N) is 1. The smallest absolute Gasteiger partial charge is 0.358 e. The average Bonchev–Trinajstić information content (AvgIpc) is 2.97. The maximum Gasteiger partial charge on any atom is 0.358 e. The van der Waals surface area contributed by atoms with Gasteiger partial charge in [-0.15, -0.1) is 0 Å². The number of esters is 1. The molecule has 1 aromatic carbocycles. The number of hydrogen-bond acceptors (Lipinski definition) is 4. The fourth-order valence-electron chi connectivity index (χ4n) is 1.74. The molecule has 0 spiro atoms. The fourth-order valence-corrected chi connectivity index (χ4v) is 1.74. The summed E-state index contributed by atoms with van der Waals surface area (Å²) >= 11 is 0. The Kier molecular flexibility index (Phi) is 4.67. The van der Waals surface area contributed by atoms with Crippen molar-refractivity contribution in [1.29, 1.82) is 0 Å². The third-order valence-electron chi connectivity index (χ3n) is 2.72. The molecule has 0 bridgehead atoms. The highest BCUT2D eigenvalue weighted by atomic mass is 19.1. The molecule has 1 N–H and O–H groups in total. The predicted molar refractivity (Wildman–Crippen MR) is 78.3 cm³/mol. The molecular formula is C15H14FN3O3. The molecule has 0 aliphatic heterocycles. The van der Waals surface area contributed by atoms with Gasteiger partial charge in [0.1, 0.15) is 5.69 Å². The summed E-state index contributed by atoms with van der Waals surface area (Å²) in [5.74, 6) is -1.60. The topological polar surface area (TPSA) is 73.2 Å². The third kappa shape index (κ3) is 3.38. The van der Waals surface area contributed by atoms with Gasteiger partial charge in [0.15, 0.2) is 11.5 Å². The van der Waals surface area contributed by atoms with Crippen molar-refractivity contribution in [1.82, 2.24) is 9.78 Å². The van der Waals surface area contributed by atoms with E-state index in [9.17, 15) is 14.0 Å². The first-order valence-electron chi connectivity index (χ1n) is 6.51. The van der Waals surface area contributed by atoms with Gasteiger partial charge in [-0.05, 0) is 37.3 Å². The Morgan fingerprint density at radius 1 is 1.45 bits per heavy atom. The Morgan fingerprint density at radius 3 is 2.86 bits per heavy atom. The number of rotatable bonds is 5. The van der Waals surface area contributed by atoms with Gasteiger partial charge in [-0.2, -0.15) is 5.10 Å². The molecule has 114 valence electrons. The van der Waals surface area contributed by atoms with Crippen LogP contribution in [0.3, 0.4) is 0 Å². The fraction of sp³-hybridized carbons (Fsp3) is 0.133. The SMILES string of the molecule is C=CC(=O)Nc1ccc(-n2ccc(C(=O)OCC)n2)c(F)c1. The predicted octanol–water partition coefficient (Wildman–Crippen LogP) is 2.31. The first-order valence-corrected chi connectivity index (χ1v) is 6.51. The molecule has 0 fully saturated rings. The minimum absolute atomic E-state index is 0.0882. The molecule has 6 nitrogen and oxygen atoms in total. The van der Waals surface area contributed by atoms with Crippen molar-refractivity contribution in [2.45, 2.75) is 6.92 Å². The van der Waals surface area contributed by atoms with Crippen LogP contribution in [0.2, 0.25) is 0 Å². The first-order chi connectivity index (χ1) is 10.5. The number of benzene rings is 1. The van der Waals surface area contributed by atoms with Crippen LogP contribution in [0.4, 0.5) is 10.1 Å². The maximum atomic E-state index is 14.1. The molecule has 1 amide bonds. The molecule has 0 saturated carbocycles. The molecule has 0 aliphatic rings. The number of carbonyl (C=O) groups excluding carboxylic acids is 2. The highest BCUT2D eigenvalue weighted by molar-refractivity contribution is 5.98. The van der Waals surface area contributed by atoms with E-state index in [-0.39, 0.29) is 18.0 Å². The summed E-state index contributed by atoms with van der Waals surface area (Å²) < 4.78 is 20.1. The van der Waals surface area contributed by atoms with Crippen LogP contribution in [0.5, 0.6) is 0 Å². The van der Waals surface area contributed by atoms with Gasteiger partial charge in [0.2, 0.25) is 5.91 Å². The minimum atomic E-state index is -0.597. The summed E-state index contributed by atoms with van der Waals surface area (Å²) in [7, 11) is 0. The lowest BCUT2D eigenvalue weighted by atomic mass is 10.2. The van der Waals surface area contributed by atoms with Crippen molar-refractivity contribution in [2.75, 3.05) is 11.9 Å². The van der Waals surface area contributed by atoms with Crippen molar-refractivity contribution < 1.29 is 18.7 Å². The first kappa shape index (κ1) is 15.4. The summed E-state index contributed by atoms with van der Waals surface area (Å²) in [4.78, 5) is 22.7. The van der Waals surface area contributed by atoms with E-state index >= 15 is 0 Å². The summed E-state index contributed by atoms with van der Waals surface area (Å²) in [5.41, 5.74) is 0.529. The summed E-state index contributed by atoms with van der Waals surface area (Å²) in [6.07, 6.45) is 2.54. The van der Waals surface area contributed by atoms with Crippen molar-refractivity contribution in [2.24, 2.45) is 0 Å². The largest absolute Gasteiger partial charge is 0.461 e. The van der Waals surface area contributed by atoms with Gasteiger partial charge in [0, 0.05) is 11.9 Å². The number of amides is 1. The van der Waals surface area contributed by atoms with Gasteiger partial charge < -0.3 is 10.1 Å². The Balaban J connectivity index is 2.24. The molecule has 0 aliphatic carbocycles. The Bertz CT molecular complexity index is 725. The molecule has 0 unspecified atom stereocenters. The number of aromatic nitrogens is 2. The second-order valence-corrected chi connectivity index (χ2v) is 4.23. The van der Waals surface area contributed by atoms with Gasteiger partial charge >= 0.3 is 5.97 Å². The molecular weight excluding hydrogens is 289 g/mol. The highest BCUT2D eigenvalue weighted by Crippen LogP contribution is 2.18. The van der Waals surface area contributed by atoms with Gasteiger partial charge in [-0.1, -0.05) is 6.58 Å². The molecule has 0 atom stereocenters.